The predicted octanol–water partition coefficient (Wildman–Crippen LogP) is 2.48. The number of likely N-dealkylation sites (N-methyl/N-ethyl adjacent to an activating group) is 1. The van der Waals surface area contributed by atoms with Gasteiger partial charge in [-0.2, -0.15) is 0 Å². The minimum atomic E-state index is 1.08. The zero-order valence-corrected chi connectivity index (χ0v) is 14.6. The van der Waals surface area contributed by atoms with Gasteiger partial charge in [0.25, 0.3) is 0 Å². The van der Waals surface area contributed by atoms with Crippen LogP contribution < -0.4 is 4.90 Å². The van der Waals surface area contributed by atoms with Crippen molar-refractivity contribution in [3.63, 3.8) is 0 Å². The van der Waals surface area contributed by atoms with Gasteiger partial charge in [-0.1, -0.05) is 18.2 Å². The van der Waals surface area contributed by atoms with E-state index in [1.807, 2.05) is 0 Å². The van der Waals surface area contributed by atoms with E-state index in [9.17, 15) is 0 Å². The summed E-state index contributed by atoms with van der Waals surface area (Å²) in [6.07, 6.45) is 2.29. The normalized spacial score (nSPS) is 16.8. The van der Waals surface area contributed by atoms with E-state index in [2.05, 4.69) is 66.2 Å². The molecule has 0 N–H and O–H groups in total. The Morgan fingerprint density at radius 1 is 1.09 bits per heavy atom. The Kier molecular flexibility index (Phi) is 5.13. The summed E-state index contributed by atoms with van der Waals surface area (Å²) in [6.45, 7) is 5.98. The number of hydrogen-bond donors (Lipinski definition) is 0. The fraction of sp³-hybridized carbons (Fsp3) is 0.526. The lowest BCUT2D eigenvalue weighted by molar-refractivity contribution is 0.153. The monoisotopic (exact) mass is 312 g/mol. The Morgan fingerprint density at radius 2 is 1.83 bits per heavy atom. The molecule has 2 aromatic rings. The van der Waals surface area contributed by atoms with Gasteiger partial charge < -0.3 is 14.7 Å². The highest BCUT2D eigenvalue weighted by Crippen LogP contribution is 2.23. The molecule has 1 aromatic carbocycles. The molecule has 0 amide bonds. The van der Waals surface area contributed by atoms with Crippen molar-refractivity contribution in [3.05, 3.63) is 35.9 Å². The number of rotatable bonds is 5. The van der Waals surface area contributed by atoms with E-state index in [0.717, 1.165) is 17.8 Å². The fourth-order valence-electron chi connectivity index (χ4n) is 3.29. The highest BCUT2D eigenvalue weighted by Gasteiger charge is 2.14. The van der Waals surface area contributed by atoms with E-state index in [1.54, 1.807) is 0 Å². The Morgan fingerprint density at radius 3 is 2.57 bits per heavy atom. The summed E-state index contributed by atoms with van der Waals surface area (Å²) in [5.41, 5.74) is 2.45. The number of aromatic nitrogens is 1. The van der Waals surface area contributed by atoms with Gasteiger partial charge in [-0.05, 0) is 44.1 Å². The van der Waals surface area contributed by atoms with Crippen LogP contribution in [0.15, 0.2) is 30.3 Å². The van der Waals surface area contributed by atoms with Gasteiger partial charge in [0.05, 0.1) is 5.52 Å². The standard InChI is InChI=1S/C19H28N4/c1-21(2)19-17(15-16-7-4-5-9-18(16)20-19)8-6-10-23-13-11-22(3)12-14-23/h4-5,7,9,15H,6,8,10-14H2,1-3H3. The van der Waals surface area contributed by atoms with Gasteiger partial charge in [-0.15, -0.1) is 0 Å². The van der Waals surface area contributed by atoms with E-state index in [4.69, 9.17) is 4.98 Å². The number of pyridine rings is 1. The molecule has 1 fully saturated rings. The van der Waals surface area contributed by atoms with Crippen molar-refractivity contribution in [2.45, 2.75) is 12.8 Å². The van der Waals surface area contributed by atoms with Crippen molar-refractivity contribution in [3.8, 4) is 0 Å². The van der Waals surface area contributed by atoms with Crippen molar-refractivity contribution in [1.29, 1.82) is 0 Å². The topological polar surface area (TPSA) is 22.6 Å². The SMILES string of the molecule is CN1CCN(CCCc2cc3ccccc3nc2N(C)C)CC1. The molecule has 0 spiro atoms. The van der Waals surface area contributed by atoms with E-state index in [0.29, 0.717) is 0 Å². The third-order valence-corrected chi connectivity index (χ3v) is 4.72. The maximum Gasteiger partial charge on any atom is 0.131 e. The van der Waals surface area contributed by atoms with E-state index in [1.165, 1.54) is 50.1 Å². The molecule has 1 aromatic heterocycles. The Labute approximate surface area is 139 Å². The van der Waals surface area contributed by atoms with Crippen molar-refractivity contribution in [1.82, 2.24) is 14.8 Å². The number of hydrogen-bond acceptors (Lipinski definition) is 4. The molecule has 1 aliphatic heterocycles. The number of nitrogens with zero attached hydrogens (tertiary/aromatic N) is 4. The van der Waals surface area contributed by atoms with Gasteiger partial charge in [-0.3, -0.25) is 0 Å². The summed E-state index contributed by atoms with van der Waals surface area (Å²) >= 11 is 0. The summed E-state index contributed by atoms with van der Waals surface area (Å²) in [4.78, 5) is 12.0. The number of benzene rings is 1. The number of piperazine rings is 1. The van der Waals surface area contributed by atoms with Crippen LogP contribution in [0.2, 0.25) is 0 Å². The summed E-state index contributed by atoms with van der Waals surface area (Å²) in [5, 5.41) is 1.24. The lowest BCUT2D eigenvalue weighted by Crippen LogP contribution is -2.44. The molecule has 0 atom stereocenters. The first-order chi connectivity index (χ1) is 11.1. The van der Waals surface area contributed by atoms with Crippen molar-refractivity contribution in [2.24, 2.45) is 0 Å². The van der Waals surface area contributed by atoms with Crippen LogP contribution in [0.5, 0.6) is 0 Å². The predicted molar refractivity (Wildman–Crippen MR) is 98.3 cm³/mol. The molecule has 0 aliphatic carbocycles. The van der Waals surface area contributed by atoms with E-state index in [-0.39, 0.29) is 0 Å². The maximum absolute atomic E-state index is 4.86. The Bertz CT molecular complexity index is 645. The van der Waals surface area contributed by atoms with Crippen LogP contribution in [0.3, 0.4) is 0 Å². The van der Waals surface area contributed by atoms with Gasteiger partial charge in [0.1, 0.15) is 5.82 Å². The summed E-state index contributed by atoms with van der Waals surface area (Å²) in [6, 6.07) is 10.7. The molecular formula is C19H28N4. The van der Waals surface area contributed by atoms with Gasteiger partial charge in [0.2, 0.25) is 0 Å². The van der Waals surface area contributed by atoms with Crippen LogP contribution in [-0.4, -0.2) is 68.7 Å². The zero-order chi connectivity index (χ0) is 16.2. The van der Waals surface area contributed by atoms with Crippen LogP contribution in [-0.2, 0) is 6.42 Å². The lowest BCUT2D eigenvalue weighted by atomic mass is 10.1. The summed E-state index contributed by atoms with van der Waals surface area (Å²) in [7, 11) is 6.38. The molecule has 0 radical (unpaired) electrons. The molecule has 124 valence electrons. The molecule has 0 unspecified atom stereocenters. The van der Waals surface area contributed by atoms with E-state index >= 15 is 0 Å². The van der Waals surface area contributed by atoms with Crippen LogP contribution in [0.4, 0.5) is 5.82 Å². The van der Waals surface area contributed by atoms with Gasteiger partial charge >= 0.3 is 0 Å². The second kappa shape index (κ2) is 7.28. The lowest BCUT2D eigenvalue weighted by Gasteiger charge is -2.32. The summed E-state index contributed by atoms with van der Waals surface area (Å²) < 4.78 is 0. The first-order valence-electron chi connectivity index (χ1n) is 8.60. The largest absolute Gasteiger partial charge is 0.362 e. The van der Waals surface area contributed by atoms with Crippen molar-refractivity contribution < 1.29 is 0 Å². The average molecular weight is 312 g/mol. The number of aryl methyl sites for hydroxylation is 1. The zero-order valence-electron chi connectivity index (χ0n) is 14.6. The van der Waals surface area contributed by atoms with Crippen LogP contribution >= 0.6 is 0 Å². The summed E-state index contributed by atoms with van der Waals surface area (Å²) in [5.74, 6) is 1.11. The van der Waals surface area contributed by atoms with E-state index < -0.39 is 0 Å². The molecule has 0 bridgehead atoms. The molecule has 0 saturated carbocycles. The first kappa shape index (κ1) is 16.2. The molecule has 1 saturated heterocycles. The Balaban J connectivity index is 1.67. The fourth-order valence-corrected chi connectivity index (χ4v) is 3.29. The molecule has 4 heteroatoms. The molecule has 23 heavy (non-hydrogen) atoms. The number of para-hydroxylation sites is 1. The van der Waals surface area contributed by atoms with Crippen LogP contribution in [0, 0.1) is 0 Å². The third kappa shape index (κ3) is 4.01. The highest BCUT2D eigenvalue weighted by molar-refractivity contribution is 5.81. The Hall–Kier alpha value is -1.65. The molecule has 1 aliphatic rings. The number of anilines is 1. The smallest absolute Gasteiger partial charge is 0.131 e. The minimum absolute atomic E-state index is 1.08. The quantitative estimate of drug-likeness (QED) is 0.846. The molecular weight excluding hydrogens is 284 g/mol. The van der Waals surface area contributed by atoms with Crippen LogP contribution in [0.25, 0.3) is 10.9 Å². The maximum atomic E-state index is 4.86. The van der Waals surface area contributed by atoms with Gasteiger partial charge in [-0.25, -0.2) is 4.98 Å². The van der Waals surface area contributed by atoms with Crippen molar-refractivity contribution in [2.75, 3.05) is 58.8 Å². The third-order valence-electron chi connectivity index (χ3n) is 4.72. The second-order valence-electron chi connectivity index (χ2n) is 6.81. The van der Waals surface area contributed by atoms with Crippen molar-refractivity contribution >= 4 is 16.7 Å². The number of fused-ring (bicyclic) bond motifs is 1. The molecule has 3 rings (SSSR count). The van der Waals surface area contributed by atoms with Gasteiger partial charge in [0, 0.05) is 45.7 Å². The highest BCUT2D eigenvalue weighted by atomic mass is 15.2. The second-order valence-corrected chi connectivity index (χ2v) is 6.81. The van der Waals surface area contributed by atoms with Crippen LogP contribution in [0.1, 0.15) is 12.0 Å². The molecule has 4 nitrogen and oxygen atoms in total. The van der Waals surface area contributed by atoms with Gasteiger partial charge in [0.15, 0.2) is 0 Å². The first-order valence-corrected chi connectivity index (χ1v) is 8.60. The molecule has 2 heterocycles. The minimum Gasteiger partial charge on any atom is -0.362 e. The average Bonchev–Trinajstić information content (AvgIpc) is 2.56.